The van der Waals surface area contributed by atoms with E-state index < -0.39 is 0 Å². The van der Waals surface area contributed by atoms with Gasteiger partial charge in [-0.2, -0.15) is 0 Å². The van der Waals surface area contributed by atoms with E-state index in [2.05, 4.69) is 37.4 Å². The minimum Gasteiger partial charge on any atom is -0.384 e. The first-order valence-corrected chi connectivity index (χ1v) is 5.39. The van der Waals surface area contributed by atoms with Crippen LogP contribution < -0.4 is 5.32 Å². The van der Waals surface area contributed by atoms with Gasteiger partial charge in [0.05, 0.1) is 6.61 Å². The lowest BCUT2D eigenvalue weighted by Gasteiger charge is -2.18. The number of hydrogen-bond acceptors (Lipinski definition) is 2. The van der Waals surface area contributed by atoms with Gasteiger partial charge in [0.2, 0.25) is 0 Å². The molecule has 0 heterocycles. The van der Waals surface area contributed by atoms with Crippen LogP contribution in [-0.2, 0) is 4.74 Å². The summed E-state index contributed by atoms with van der Waals surface area (Å²) in [7, 11) is 3.74. The van der Waals surface area contributed by atoms with Crippen molar-refractivity contribution in [3.05, 3.63) is 34.9 Å². The molecule has 0 spiro atoms. The highest BCUT2D eigenvalue weighted by Crippen LogP contribution is 2.21. The summed E-state index contributed by atoms with van der Waals surface area (Å²) >= 11 is 0. The molecule has 1 N–H and O–H groups in total. The van der Waals surface area contributed by atoms with Crippen molar-refractivity contribution in [2.75, 3.05) is 27.3 Å². The molecule has 0 saturated heterocycles. The molecule has 0 aliphatic heterocycles. The smallest absolute Gasteiger partial charge is 0.0543 e. The van der Waals surface area contributed by atoms with Gasteiger partial charge in [-0.15, -0.1) is 0 Å². The maximum atomic E-state index is 5.27. The molecular weight excluding hydrogens is 186 g/mol. The van der Waals surface area contributed by atoms with Crippen LogP contribution in [0.3, 0.4) is 0 Å². The van der Waals surface area contributed by atoms with Gasteiger partial charge in [-0.3, -0.25) is 0 Å². The largest absolute Gasteiger partial charge is 0.384 e. The van der Waals surface area contributed by atoms with Gasteiger partial charge in [0.25, 0.3) is 0 Å². The summed E-state index contributed by atoms with van der Waals surface area (Å²) < 4.78 is 5.27. The molecule has 0 amide bonds. The Morgan fingerprint density at radius 3 is 2.67 bits per heavy atom. The second kappa shape index (κ2) is 5.89. The minimum absolute atomic E-state index is 0.444. The first kappa shape index (κ1) is 12.2. The van der Waals surface area contributed by atoms with E-state index in [0.29, 0.717) is 5.92 Å². The fourth-order valence-electron chi connectivity index (χ4n) is 1.91. The molecule has 0 fully saturated rings. The van der Waals surface area contributed by atoms with Gasteiger partial charge in [-0.05, 0) is 32.0 Å². The molecule has 84 valence electrons. The average molecular weight is 207 g/mol. The third kappa shape index (κ3) is 3.33. The number of nitrogens with one attached hydrogen (secondary N) is 1. The number of likely N-dealkylation sites (N-methyl/N-ethyl adjacent to an activating group) is 1. The van der Waals surface area contributed by atoms with Crippen molar-refractivity contribution in [3.8, 4) is 0 Å². The maximum Gasteiger partial charge on any atom is 0.0543 e. The van der Waals surface area contributed by atoms with Crippen LogP contribution in [0.25, 0.3) is 0 Å². The van der Waals surface area contributed by atoms with E-state index in [1.54, 1.807) is 7.11 Å². The topological polar surface area (TPSA) is 21.3 Å². The highest BCUT2D eigenvalue weighted by atomic mass is 16.5. The summed E-state index contributed by atoms with van der Waals surface area (Å²) in [5.74, 6) is 0.444. The van der Waals surface area contributed by atoms with E-state index in [-0.39, 0.29) is 0 Å². The maximum absolute atomic E-state index is 5.27. The Labute approximate surface area is 92.6 Å². The third-order valence-electron chi connectivity index (χ3n) is 2.69. The molecule has 0 aliphatic carbocycles. The average Bonchev–Trinajstić information content (AvgIpc) is 2.21. The zero-order valence-electron chi connectivity index (χ0n) is 10.1. The van der Waals surface area contributed by atoms with Gasteiger partial charge in [0.1, 0.15) is 0 Å². The number of methoxy groups -OCH3 is 1. The van der Waals surface area contributed by atoms with Gasteiger partial charge in [-0.25, -0.2) is 0 Å². The molecule has 2 heteroatoms. The second-order valence-electron chi connectivity index (χ2n) is 4.07. The molecule has 2 nitrogen and oxygen atoms in total. The fourth-order valence-corrected chi connectivity index (χ4v) is 1.91. The molecule has 1 aromatic carbocycles. The quantitative estimate of drug-likeness (QED) is 0.799. The Morgan fingerprint density at radius 1 is 1.33 bits per heavy atom. The summed E-state index contributed by atoms with van der Waals surface area (Å²) in [6.07, 6.45) is 0. The van der Waals surface area contributed by atoms with Crippen LogP contribution in [0.15, 0.2) is 18.2 Å². The molecule has 0 radical (unpaired) electrons. The first-order chi connectivity index (χ1) is 7.19. The monoisotopic (exact) mass is 207 g/mol. The van der Waals surface area contributed by atoms with Gasteiger partial charge < -0.3 is 10.1 Å². The summed E-state index contributed by atoms with van der Waals surface area (Å²) in [5, 5.41) is 3.22. The minimum atomic E-state index is 0.444. The predicted octanol–water partition coefficient (Wildman–Crippen LogP) is 2.25. The van der Waals surface area contributed by atoms with E-state index >= 15 is 0 Å². The highest BCUT2D eigenvalue weighted by molar-refractivity contribution is 5.33. The van der Waals surface area contributed by atoms with Crippen LogP contribution in [0.1, 0.15) is 22.6 Å². The fraction of sp³-hybridized carbons (Fsp3) is 0.538. The second-order valence-corrected chi connectivity index (χ2v) is 4.07. The molecule has 1 atom stereocenters. The lowest BCUT2D eigenvalue weighted by Crippen LogP contribution is -2.21. The zero-order valence-corrected chi connectivity index (χ0v) is 10.1. The molecule has 0 bridgehead atoms. The lowest BCUT2D eigenvalue weighted by atomic mass is 9.94. The highest BCUT2D eigenvalue weighted by Gasteiger charge is 2.12. The van der Waals surface area contributed by atoms with E-state index in [1.807, 2.05) is 7.05 Å². The normalized spacial score (nSPS) is 12.8. The van der Waals surface area contributed by atoms with Crippen LogP contribution in [0.5, 0.6) is 0 Å². The van der Waals surface area contributed by atoms with E-state index in [4.69, 9.17) is 4.74 Å². The number of rotatable bonds is 5. The van der Waals surface area contributed by atoms with Crippen molar-refractivity contribution in [2.45, 2.75) is 19.8 Å². The van der Waals surface area contributed by atoms with Gasteiger partial charge in [-0.1, -0.05) is 23.8 Å². The van der Waals surface area contributed by atoms with Gasteiger partial charge in [0.15, 0.2) is 0 Å². The summed E-state index contributed by atoms with van der Waals surface area (Å²) in [6, 6.07) is 6.60. The van der Waals surface area contributed by atoms with Crippen molar-refractivity contribution >= 4 is 0 Å². The molecule has 0 aromatic heterocycles. The summed E-state index contributed by atoms with van der Waals surface area (Å²) in [5.41, 5.74) is 4.05. The molecule has 1 unspecified atom stereocenters. The van der Waals surface area contributed by atoms with Crippen molar-refractivity contribution in [1.29, 1.82) is 0 Å². The van der Waals surface area contributed by atoms with E-state index in [0.717, 1.165) is 13.2 Å². The van der Waals surface area contributed by atoms with Gasteiger partial charge >= 0.3 is 0 Å². The number of benzene rings is 1. The number of aryl methyl sites for hydroxylation is 2. The van der Waals surface area contributed by atoms with Crippen LogP contribution in [-0.4, -0.2) is 27.3 Å². The predicted molar refractivity (Wildman–Crippen MR) is 64.5 cm³/mol. The molecular formula is C13H21NO. The Kier molecular flexibility index (Phi) is 4.79. The van der Waals surface area contributed by atoms with Gasteiger partial charge in [0, 0.05) is 19.6 Å². The van der Waals surface area contributed by atoms with Crippen LogP contribution >= 0.6 is 0 Å². The summed E-state index contributed by atoms with van der Waals surface area (Å²) in [6.45, 7) is 6.02. The Bertz CT molecular complexity index is 303. The molecule has 0 saturated carbocycles. The Balaban J connectivity index is 2.93. The number of hydrogen-bond donors (Lipinski definition) is 1. The third-order valence-corrected chi connectivity index (χ3v) is 2.69. The summed E-state index contributed by atoms with van der Waals surface area (Å²) in [4.78, 5) is 0. The van der Waals surface area contributed by atoms with Crippen molar-refractivity contribution in [3.63, 3.8) is 0 Å². The van der Waals surface area contributed by atoms with E-state index in [9.17, 15) is 0 Å². The Morgan fingerprint density at radius 2 is 2.07 bits per heavy atom. The van der Waals surface area contributed by atoms with Crippen molar-refractivity contribution in [1.82, 2.24) is 5.32 Å². The van der Waals surface area contributed by atoms with E-state index in [1.165, 1.54) is 16.7 Å². The SMILES string of the molecule is CNCC(COC)c1cc(C)ccc1C. The molecule has 1 aromatic rings. The number of ether oxygens (including phenoxy) is 1. The van der Waals surface area contributed by atoms with Crippen molar-refractivity contribution in [2.24, 2.45) is 0 Å². The molecule has 1 rings (SSSR count). The Hall–Kier alpha value is -0.860. The zero-order chi connectivity index (χ0) is 11.3. The van der Waals surface area contributed by atoms with Crippen molar-refractivity contribution < 1.29 is 4.74 Å². The molecule has 0 aliphatic rings. The standard InChI is InChI=1S/C13H21NO/c1-10-5-6-11(2)13(7-10)12(8-14-3)9-15-4/h5-7,12,14H,8-9H2,1-4H3. The lowest BCUT2D eigenvalue weighted by molar-refractivity contribution is 0.178. The van der Waals surface area contributed by atoms with Crippen LogP contribution in [0, 0.1) is 13.8 Å². The van der Waals surface area contributed by atoms with Crippen LogP contribution in [0.4, 0.5) is 0 Å². The van der Waals surface area contributed by atoms with Crippen LogP contribution in [0.2, 0.25) is 0 Å². The molecule has 15 heavy (non-hydrogen) atoms. The first-order valence-electron chi connectivity index (χ1n) is 5.39.